The van der Waals surface area contributed by atoms with Crippen molar-refractivity contribution in [2.75, 3.05) is 16.0 Å². The third-order valence-electron chi connectivity index (χ3n) is 3.92. The van der Waals surface area contributed by atoms with Crippen LogP contribution in [0.3, 0.4) is 0 Å². The van der Waals surface area contributed by atoms with Crippen molar-refractivity contribution in [2.24, 2.45) is 0 Å². The number of nitrogens with one attached hydrogen (secondary N) is 3. The molecule has 2 amide bonds. The van der Waals surface area contributed by atoms with Gasteiger partial charge in [-0.3, -0.25) is 14.6 Å². The Labute approximate surface area is 168 Å². The fourth-order valence-corrected chi connectivity index (χ4v) is 2.69. The van der Waals surface area contributed by atoms with E-state index in [1.54, 1.807) is 36.5 Å². The van der Waals surface area contributed by atoms with Gasteiger partial charge in [0.15, 0.2) is 0 Å². The summed E-state index contributed by atoms with van der Waals surface area (Å²) in [5, 5.41) is 9.33. The van der Waals surface area contributed by atoms with Crippen molar-refractivity contribution in [1.82, 2.24) is 4.98 Å². The number of rotatable bonds is 5. The molecule has 0 saturated carbocycles. The number of pyridine rings is 1. The number of anilines is 4. The van der Waals surface area contributed by atoms with Crippen molar-refractivity contribution in [3.8, 4) is 0 Å². The van der Waals surface area contributed by atoms with Crippen LogP contribution in [0.15, 0.2) is 60.9 Å². The van der Waals surface area contributed by atoms with Gasteiger partial charge in [-0.1, -0.05) is 17.7 Å². The summed E-state index contributed by atoms with van der Waals surface area (Å²) < 4.78 is 0. The minimum absolute atomic E-state index is 0.151. The number of aromatic nitrogens is 1. The molecule has 142 valence electrons. The van der Waals surface area contributed by atoms with Crippen LogP contribution in [0.5, 0.6) is 0 Å². The maximum Gasteiger partial charge on any atom is 0.257 e. The quantitative estimate of drug-likeness (QED) is 0.568. The zero-order valence-corrected chi connectivity index (χ0v) is 16.2. The zero-order valence-electron chi connectivity index (χ0n) is 15.4. The molecule has 0 bridgehead atoms. The number of hydrogen-bond acceptors (Lipinski definition) is 4. The van der Waals surface area contributed by atoms with Crippen molar-refractivity contribution in [1.29, 1.82) is 0 Å². The minimum Gasteiger partial charge on any atom is -0.354 e. The lowest BCUT2D eigenvalue weighted by Gasteiger charge is -2.10. The predicted molar refractivity (Wildman–Crippen MR) is 112 cm³/mol. The molecule has 0 unspecified atom stereocenters. The first-order valence-electron chi connectivity index (χ1n) is 8.58. The van der Waals surface area contributed by atoms with Gasteiger partial charge in [0, 0.05) is 35.2 Å². The van der Waals surface area contributed by atoms with Gasteiger partial charge < -0.3 is 16.0 Å². The average molecular weight is 395 g/mol. The van der Waals surface area contributed by atoms with Crippen LogP contribution in [0.4, 0.5) is 22.7 Å². The maximum atomic E-state index is 12.5. The molecule has 3 rings (SSSR count). The first-order valence-corrected chi connectivity index (χ1v) is 8.96. The third kappa shape index (κ3) is 5.08. The smallest absolute Gasteiger partial charge is 0.257 e. The molecular weight excluding hydrogens is 376 g/mol. The largest absolute Gasteiger partial charge is 0.354 e. The number of aryl methyl sites for hydroxylation is 1. The molecule has 3 aromatic rings. The summed E-state index contributed by atoms with van der Waals surface area (Å²) in [5.41, 5.74) is 4.16. The number of carbonyl (C=O) groups excluding carboxylic acids is 2. The van der Waals surface area contributed by atoms with E-state index < -0.39 is 0 Å². The minimum atomic E-state index is -0.287. The van der Waals surface area contributed by atoms with Gasteiger partial charge in [0.05, 0.1) is 17.4 Å². The van der Waals surface area contributed by atoms with Crippen LogP contribution in [0.1, 0.15) is 22.8 Å². The molecule has 1 aromatic heterocycles. The lowest BCUT2D eigenvalue weighted by molar-refractivity contribution is -0.114. The first kappa shape index (κ1) is 19.4. The average Bonchev–Trinajstić information content (AvgIpc) is 2.66. The molecule has 3 N–H and O–H groups in total. The normalized spacial score (nSPS) is 10.2. The standard InChI is InChI=1S/C21H19ClN4O2/c1-13-3-4-18(10-20(13)22)25-19-9-15(11-23-12-19)21(28)26-17-7-5-16(6-8-17)24-14(2)27/h3-12,25H,1-2H3,(H,24,27)(H,26,28). The molecule has 0 aliphatic rings. The van der Waals surface area contributed by atoms with E-state index in [0.717, 1.165) is 11.3 Å². The molecule has 1 heterocycles. The van der Waals surface area contributed by atoms with Crippen LogP contribution in [-0.2, 0) is 4.79 Å². The number of hydrogen-bond donors (Lipinski definition) is 3. The lowest BCUT2D eigenvalue weighted by atomic mass is 10.2. The van der Waals surface area contributed by atoms with Gasteiger partial charge in [-0.25, -0.2) is 0 Å². The number of carbonyl (C=O) groups is 2. The summed E-state index contributed by atoms with van der Waals surface area (Å²) in [5.74, 6) is -0.438. The molecule has 7 heteroatoms. The Kier molecular flexibility index (Phi) is 5.91. The summed E-state index contributed by atoms with van der Waals surface area (Å²) in [6.07, 6.45) is 3.13. The predicted octanol–water partition coefficient (Wildman–Crippen LogP) is 5.00. The Morgan fingerprint density at radius 1 is 0.857 bits per heavy atom. The van der Waals surface area contributed by atoms with Crippen LogP contribution in [0.25, 0.3) is 0 Å². The van der Waals surface area contributed by atoms with Gasteiger partial charge in [-0.15, -0.1) is 0 Å². The molecule has 0 atom stereocenters. The molecule has 2 aromatic carbocycles. The van der Waals surface area contributed by atoms with Gasteiger partial charge >= 0.3 is 0 Å². The van der Waals surface area contributed by atoms with E-state index in [1.165, 1.54) is 13.1 Å². The van der Waals surface area contributed by atoms with Gasteiger partial charge in [0.25, 0.3) is 5.91 Å². The van der Waals surface area contributed by atoms with E-state index in [0.29, 0.717) is 27.6 Å². The summed E-state index contributed by atoms with van der Waals surface area (Å²) in [4.78, 5) is 27.7. The Morgan fingerprint density at radius 3 is 2.14 bits per heavy atom. The van der Waals surface area contributed by atoms with E-state index in [4.69, 9.17) is 11.6 Å². The molecule has 0 radical (unpaired) electrons. The fourth-order valence-electron chi connectivity index (χ4n) is 2.51. The van der Waals surface area contributed by atoms with Crippen LogP contribution in [0, 0.1) is 6.92 Å². The molecule has 6 nitrogen and oxygen atoms in total. The van der Waals surface area contributed by atoms with Gasteiger partial charge in [-0.2, -0.15) is 0 Å². The highest BCUT2D eigenvalue weighted by atomic mass is 35.5. The van der Waals surface area contributed by atoms with Crippen molar-refractivity contribution < 1.29 is 9.59 Å². The zero-order chi connectivity index (χ0) is 20.1. The van der Waals surface area contributed by atoms with Crippen LogP contribution in [-0.4, -0.2) is 16.8 Å². The number of halogens is 1. The second kappa shape index (κ2) is 8.54. The SMILES string of the molecule is CC(=O)Nc1ccc(NC(=O)c2cncc(Nc3ccc(C)c(Cl)c3)c2)cc1. The maximum absolute atomic E-state index is 12.5. The summed E-state index contributed by atoms with van der Waals surface area (Å²) in [6.45, 7) is 3.37. The number of benzene rings is 2. The summed E-state index contributed by atoms with van der Waals surface area (Å²) in [7, 11) is 0. The first-order chi connectivity index (χ1) is 13.4. The second-order valence-corrected chi connectivity index (χ2v) is 6.67. The molecular formula is C21H19ClN4O2. The van der Waals surface area contributed by atoms with E-state index >= 15 is 0 Å². The number of nitrogens with zero attached hydrogens (tertiary/aromatic N) is 1. The van der Waals surface area contributed by atoms with Crippen molar-refractivity contribution in [3.63, 3.8) is 0 Å². The summed E-state index contributed by atoms with van der Waals surface area (Å²) in [6, 6.07) is 14.2. The van der Waals surface area contributed by atoms with Crippen LogP contribution >= 0.6 is 11.6 Å². The highest BCUT2D eigenvalue weighted by Crippen LogP contribution is 2.23. The Balaban J connectivity index is 1.69. The molecule has 0 spiro atoms. The fraction of sp³-hybridized carbons (Fsp3) is 0.0952. The monoisotopic (exact) mass is 394 g/mol. The molecule has 28 heavy (non-hydrogen) atoms. The van der Waals surface area contributed by atoms with Crippen molar-refractivity contribution >= 4 is 46.2 Å². The van der Waals surface area contributed by atoms with E-state index in [2.05, 4.69) is 20.9 Å². The van der Waals surface area contributed by atoms with Crippen molar-refractivity contribution in [3.05, 3.63) is 77.1 Å². The lowest BCUT2D eigenvalue weighted by Crippen LogP contribution is -2.12. The number of amides is 2. The third-order valence-corrected chi connectivity index (χ3v) is 4.33. The van der Waals surface area contributed by atoms with Gasteiger partial charge in [0.2, 0.25) is 5.91 Å². The molecule has 0 saturated heterocycles. The second-order valence-electron chi connectivity index (χ2n) is 6.26. The van der Waals surface area contributed by atoms with Crippen LogP contribution in [0.2, 0.25) is 5.02 Å². The Hall–Kier alpha value is -3.38. The van der Waals surface area contributed by atoms with Crippen molar-refractivity contribution in [2.45, 2.75) is 13.8 Å². The van der Waals surface area contributed by atoms with E-state index in [1.807, 2.05) is 25.1 Å². The Morgan fingerprint density at radius 2 is 1.50 bits per heavy atom. The topological polar surface area (TPSA) is 83.1 Å². The molecule has 0 aliphatic heterocycles. The Bertz CT molecular complexity index is 1020. The highest BCUT2D eigenvalue weighted by Gasteiger charge is 2.08. The highest BCUT2D eigenvalue weighted by molar-refractivity contribution is 6.31. The van der Waals surface area contributed by atoms with E-state index in [9.17, 15) is 9.59 Å². The van der Waals surface area contributed by atoms with Gasteiger partial charge in [-0.05, 0) is 55.0 Å². The molecule has 0 aliphatic carbocycles. The van der Waals surface area contributed by atoms with E-state index in [-0.39, 0.29) is 11.8 Å². The van der Waals surface area contributed by atoms with Crippen LogP contribution < -0.4 is 16.0 Å². The van der Waals surface area contributed by atoms with Gasteiger partial charge in [0.1, 0.15) is 0 Å². The summed E-state index contributed by atoms with van der Waals surface area (Å²) >= 11 is 6.15. The molecule has 0 fully saturated rings.